The second kappa shape index (κ2) is 5.14. The molecule has 0 amide bonds. The highest BCUT2D eigenvalue weighted by atomic mass is 14.6. The number of hydrogen-bond acceptors (Lipinski definition) is 1. The molecule has 0 saturated carbocycles. The van der Waals surface area contributed by atoms with Crippen molar-refractivity contribution in [1.82, 2.24) is 4.98 Å². The van der Waals surface area contributed by atoms with E-state index in [1.54, 1.807) is 12.4 Å². The van der Waals surface area contributed by atoms with Gasteiger partial charge in [0.2, 0.25) is 0 Å². The molecule has 0 aliphatic heterocycles. The van der Waals surface area contributed by atoms with Crippen LogP contribution in [-0.2, 0) is 0 Å². The predicted octanol–water partition coefficient (Wildman–Crippen LogP) is 3.43. The quantitative estimate of drug-likeness (QED) is 0.669. The van der Waals surface area contributed by atoms with E-state index in [4.69, 9.17) is 0 Å². The molecule has 0 aliphatic carbocycles. The van der Waals surface area contributed by atoms with Crippen LogP contribution in [0.5, 0.6) is 0 Å². The second-order valence-corrected chi connectivity index (χ2v) is 3.73. The first-order chi connectivity index (χ1) is 8.31. The van der Waals surface area contributed by atoms with Gasteiger partial charge in [0.15, 0.2) is 0 Å². The lowest BCUT2D eigenvalue weighted by molar-refractivity contribution is 1.31. The molecule has 1 aromatic heterocycles. The van der Waals surface area contributed by atoms with E-state index in [-0.39, 0.29) is 0 Å². The molecule has 0 aliphatic rings. The fourth-order valence-corrected chi connectivity index (χ4v) is 1.64. The second-order valence-electron chi connectivity index (χ2n) is 3.73. The van der Waals surface area contributed by atoms with Crippen molar-refractivity contribution in [1.29, 1.82) is 0 Å². The minimum Gasteiger partial charge on any atom is -0.263 e. The molecule has 82 valence electrons. The van der Waals surface area contributed by atoms with Crippen molar-refractivity contribution in [3.05, 3.63) is 71.6 Å². The molecule has 2 aromatic rings. The van der Waals surface area contributed by atoms with Crippen molar-refractivity contribution in [2.24, 2.45) is 0 Å². The normalized spacial score (nSPS) is 9.24. The van der Waals surface area contributed by atoms with E-state index in [1.165, 1.54) is 5.56 Å². The fourth-order valence-electron chi connectivity index (χ4n) is 1.64. The Morgan fingerprint density at radius 2 is 2.06 bits per heavy atom. The Balaban J connectivity index is 2.41. The van der Waals surface area contributed by atoms with E-state index < -0.39 is 0 Å². The molecular formula is C16H13N. The molecule has 0 N–H and O–H groups in total. The van der Waals surface area contributed by atoms with Crippen LogP contribution in [0.1, 0.15) is 22.3 Å². The molecule has 17 heavy (non-hydrogen) atoms. The molecule has 1 aromatic carbocycles. The van der Waals surface area contributed by atoms with E-state index in [0.29, 0.717) is 0 Å². The Hall–Kier alpha value is -2.33. The number of pyridine rings is 1. The maximum Gasteiger partial charge on any atom is 0.0432 e. The highest BCUT2D eigenvalue weighted by Crippen LogP contribution is 2.14. The lowest BCUT2D eigenvalue weighted by Gasteiger charge is -2.02. The van der Waals surface area contributed by atoms with E-state index >= 15 is 0 Å². The van der Waals surface area contributed by atoms with E-state index in [9.17, 15) is 0 Å². The summed E-state index contributed by atoms with van der Waals surface area (Å²) < 4.78 is 0. The minimum atomic E-state index is 0.920. The predicted molar refractivity (Wildman–Crippen MR) is 71.5 cm³/mol. The molecule has 0 radical (unpaired) electrons. The van der Waals surface area contributed by atoms with Crippen LogP contribution in [0.15, 0.2) is 49.3 Å². The lowest BCUT2D eigenvalue weighted by Crippen LogP contribution is -1.86. The topological polar surface area (TPSA) is 12.9 Å². The molecule has 1 heteroatoms. The number of aromatic nitrogens is 1. The fraction of sp³-hybridized carbons (Fsp3) is 0.0625. The maximum atomic E-state index is 4.03. The Kier molecular flexibility index (Phi) is 3.37. The third-order valence-corrected chi connectivity index (χ3v) is 2.53. The summed E-state index contributed by atoms with van der Waals surface area (Å²) in [5, 5.41) is 0. The molecule has 0 saturated heterocycles. The van der Waals surface area contributed by atoms with Crippen LogP contribution in [0.4, 0.5) is 0 Å². The molecule has 0 atom stereocenters. The minimum absolute atomic E-state index is 0.920. The van der Waals surface area contributed by atoms with Gasteiger partial charge in [-0.15, -0.1) is 0 Å². The molecule has 0 bridgehead atoms. The summed E-state index contributed by atoms with van der Waals surface area (Å²) in [5.74, 6) is 6.26. The largest absolute Gasteiger partial charge is 0.263 e. The smallest absolute Gasteiger partial charge is 0.0432 e. The number of rotatable bonds is 1. The maximum absolute atomic E-state index is 4.03. The standard InChI is InChI=1S/C16H13N/c1-3-16-13(2)6-4-8-15(16)10-9-14-7-5-11-17-12-14/h3-8,11-12H,1H2,2H3. The summed E-state index contributed by atoms with van der Waals surface area (Å²) in [6.07, 6.45) is 5.35. The van der Waals surface area contributed by atoms with Gasteiger partial charge in [-0.25, -0.2) is 0 Å². The van der Waals surface area contributed by atoms with E-state index in [1.807, 2.05) is 30.3 Å². The van der Waals surface area contributed by atoms with Gasteiger partial charge >= 0.3 is 0 Å². The van der Waals surface area contributed by atoms with Crippen LogP contribution in [0.3, 0.4) is 0 Å². The van der Waals surface area contributed by atoms with Gasteiger partial charge in [-0.3, -0.25) is 4.98 Å². The Morgan fingerprint density at radius 1 is 1.18 bits per heavy atom. The number of nitrogens with zero attached hydrogens (tertiary/aromatic N) is 1. The summed E-state index contributed by atoms with van der Waals surface area (Å²) in [7, 11) is 0. The summed E-state index contributed by atoms with van der Waals surface area (Å²) >= 11 is 0. The SMILES string of the molecule is C=Cc1c(C)cccc1C#Cc1cccnc1. The van der Waals surface area contributed by atoms with Crippen molar-refractivity contribution in [2.75, 3.05) is 0 Å². The summed E-state index contributed by atoms with van der Waals surface area (Å²) in [5.41, 5.74) is 4.22. The van der Waals surface area contributed by atoms with Crippen molar-refractivity contribution < 1.29 is 0 Å². The molecule has 0 unspecified atom stereocenters. The highest BCUT2D eigenvalue weighted by molar-refractivity contribution is 5.62. The van der Waals surface area contributed by atoms with Gasteiger partial charge in [-0.05, 0) is 36.2 Å². The molecule has 1 nitrogen and oxygen atoms in total. The van der Waals surface area contributed by atoms with Crippen LogP contribution in [-0.4, -0.2) is 4.98 Å². The zero-order valence-corrected chi connectivity index (χ0v) is 9.77. The van der Waals surface area contributed by atoms with Gasteiger partial charge < -0.3 is 0 Å². The van der Waals surface area contributed by atoms with Crippen molar-refractivity contribution >= 4 is 6.08 Å². The molecule has 0 fully saturated rings. The summed E-state index contributed by atoms with van der Waals surface area (Å²) in [6, 6.07) is 9.91. The van der Waals surface area contributed by atoms with Crippen molar-refractivity contribution in [3.63, 3.8) is 0 Å². The number of aryl methyl sites for hydroxylation is 1. The number of hydrogen-bond donors (Lipinski definition) is 0. The molecule has 2 rings (SSSR count). The average Bonchev–Trinajstić information content (AvgIpc) is 2.37. The first-order valence-corrected chi connectivity index (χ1v) is 5.45. The van der Waals surface area contributed by atoms with Crippen LogP contribution >= 0.6 is 0 Å². The Morgan fingerprint density at radius 3 is 2.76 bits per heavy atom. The van der Waals surface area contributed by atoms with Crippen molar-refractivity contribution in [2.45, 2.75) is 6.92 Å². The molecule has 1 heterocycles. The summed E-state index contributed by atoms with van der Waals surface area (Å²) in [6.45, 7) is 5.89. The lowest BCUT2D eigenvalue weighted by atomic mass is 10.0. The van der Waals surface area contributed by atoms with Gasteiger partial charge in [0, 0.05) is 23.5 Å². The van der Waals surface area contributed by atoms with Gasteiger partial charge in [-0.1, -0.05) is 36.6 Å². The first-order valence-electron chi connectivity index (χ1n) is 5.45. The molecular weight excluding hydrogens is 206 g/mol. The third kappa shape index (κ3) is 2.62. The van der Waals surface area contributed by atoms with E-state index in [2.05, 4.69) is 36.4 Å². The average molecular weight is 219 g/mol. The van der Waals surface area contributed by atoms with Crippen LogP contribution in [0, 0.1) is 18.8 Å². The van der Waals surface area contributed by atoms with Gasteiger partial charge in [-0.2, -0.15) is 0 Å². The zero-order chi connectivity index (χ0) is 12.1. The summed E-state index contributed by atoms with van der Waals surface area (Å²) in [4.78, 5) is 4.03. The van der Waals surface area contributed by atoms with Gasteiger partial charge in [0.25, 0.3) is 0 Å². The Bertz CT molecular complexity index is 586. The van der Waals surface area contributed by atoms with Crippen molar-refractivity contribution in [3.8, 4) is 11.8 Å². The highest BCUT2D eigenvalue weighted by Gasteiger charge is 1.98. The van der Waals surface area contributed by atoms with Crippen LogP contribution in [0.2, 0.25) is 0 Å². The first kappa shape index (κ1) is 11.2. The Labute approximate surface area is 102 Å². The number of benzene rings is 1. The monoisotopic (exact) mass is 219 g/mol. The third-order valence-electron chi connectivity index (χ3n) is 2.53. The van der Waals surface area contributed by atoms with Gasteiger partial charge in [0.1, 0.15) is 0 Å². The molecule has 0 spiro atoms. The van der Waals surface area contributed by atoms with Gasteiger partial charge in [0.05, 0.1) is 0 Å². The van der Waals surface area contributed by atoms with Crippen LogP contribution < -0.4 is 0 Å². The zero-order valence-electron chi connectivity index (χ0n) is 9.77. The van der Waals surface area contributed by atoms with Crippen LogP contribution in [0.25, 0.3) is 6.08 Å². The van der Waals surface area contributed by atoms with E-state index in [0.717, 1.165) is 16.7 Å².